The van der Waals surface area contributed by atoms with Gasteiger partial charge in [-0.05, 0) is 106 Å². The Balaban J connectivity index is 1.77. The number of benzene rings is 2. The zero-order valence-corrected chi connectivity index (χ0v) is 28.3. The molecule has 244 valence electrons. The van der Waals surface area contributed by atoms with Crippen molar-refractivity contribution in [3.05, 3.63) is 70.3 Å². The van der Waals surface area contributed by atoms with Gasteiger partial charge < -0.3 is 18.8 Å². The molecule has 7 nitrogen and oxygen atoms in total. The Kier molecular flexibility index (Phi) is 9.90. The van der Waals surface area contributed by atoms with Gasteiger partial charge in [-0.2, -0.15) is 0 Å². The van der Waals surface area contributed by atoms with Crippen molar-refractivity contribution in [1.82, 2.24) is 4.57 Å². The molecule has 2 aromatic carbocycles. The average Bonchev–Trinajstić information content (AvgIpc) is 3.22. The van der Waals surface area contributed by atoms with Crippen LogP contribution in [0.3, 0.4) is 0 Å². The molecule has 0 unspecified atom stereocenters. The number of hydrogen-bond donors (Lipinski definition) is 0. The second-order valence-electron chi connectivity index (χ2n) is 13.8. The Morgan fingerprint density at radius 2 is 1.76 bits per heavy atom. The number of nitrogens with zero attached hydrogens (tertiary/aromatic N) is 1. The highest BCUT2D eigenvalue weighted by molar-refractivity contribution is 6.25. The maximum Gasteiger partial charge on any atom is 0.341 e. The minimum atomic E-state index is -0.637. The van der Waals surface area contributed by atoms with E-state index in [0.29, 0.717) is 29.2 Å². The number of aromatic nitrogens is 1. The van der Waals surface area contributed by atoms with E-state index in [4.69, 9.17) is 14.2 Å². The van der Waals surface area contributed by atoms with E-state index in [1.807, 2.05) is 71.0 Å². The summed E-state index contributed by atoms with van der Waals surface area (Å²) in [6.45, 7) is 11.8. The third kappa shape index (κ3) is 6.98. The minimum absolute atomic E-state index is 0.0492. The molecule has 0 atom stereocenters. The van der Waals surface area contributed by atoms with Gasteiger partial charge in [0.15, 0.2) is 5.78 Å². The first-order valence-electron chi connectivity index (χ1n) is 16.6. The van der Waals surface area contributed by atoms with E-state index in [0.717, 1.165) is 53.4 Å². The normalized spacial score (nSPS) is 15.6. The summed E-state index contributed by atoms with van der Waals surface area (Å²) in [6.07, 6.45) is 9.88. The lowest BCUT2D eigenvalue weighted by Crippen LogP contribution is -2.23. The summed E-state index contributed by atoms with van der Waals surface area (Å²) in [7, 11) is 1.63. The van der Waals surface area contributed by atoms with Crippen molar-refractivity contribution in [2.24, 2.45) is 5.92 Å². The Hall–Kier alpha value is -4.13. The summed E-state index contributed by atoms with van der Waals surface area (Å²) in [5, 5.41) is 1.07. The number of esters is 2. The zero-order valence-electron chi connectivity index (χ0n) is 28.3. The van der Waals surface area contributed by atoms with Crippen molar-refractivity contribution >= 4 is 34.7 Å². The van der Waals surface area contributed by atoms with Gasteiger partial charge in [0.1, 0.15) is 16.9 Å². The van der Waals surface area contributed by atoms with Crippen LogP contribution in [0.2, 0.25) is 0 Å². The summed E-state index contributed by atoms with van der Waals surface area (Å²) in [4.78, 5) is 40.8. The van der Waals surface area contributed by atoms with Crippen LogP contribution in [0.25, 0.3) is 28.2 Å². The van der Waals surface area contributed by atoms with Gasteiger partial charge in [-0.3, -0.25) is 4.79 Å². The smallest absolute Gasteiger partial charge is 0.341 e. The highest BCUT2D eigenvalue weighted by Crippen LogP contribution is 2.47. The van der Waals surface area contributed by atoms with Crippen molar-refractivity contribution < 1.29 is 28.6 Å². The van der Waals surface area contributed by atoms with Gasteiger partial charge in [-0.15, -0.1) is 0 Å². The fraction of sp³-hybridized carbons (Fsp3) is 0.462. The van der Waals surface area contributed by atoms with Gasteiger partial charge in [0.05, 0.1) is 31.5 Å². The lowest BCUT2D eigenvalue weighted by atomic mass is 9.81. The largest absolute Gasteiger partial charge is 0.497 e. The number of ether oxygens (including phenoxy) is 3. The second kappa shape index (κ2) is 13.7. The van der Waals surface area contributed by atoms with Crippen LogP contribution in [0.5, 0.6) is 5.75 Å². The summed E-state index contributed by atoms with van der Waals surface area (Å²) >= 11 is 0. The van der Waals surface area contributed by atoms with E-state index in [-0.39, 0.29) is 30.4 Å². The highest BCUT2D eigenvalue weighted by atomic mass is 16.6. The van der Waals surface area contributed by atoms with E-state index >= 15 is 0 Å². The topological polar surface area (TPSA) is 83.8 Å². The maximum absolute atomic E-state index is 14.4. The monoisotopic (exact) mass is 625 g/mol. The molecule has 0 radical (unpaired) electrons. The quantitative estimate of drug-likeness (QED) is 0.102. The number of fused-ring (bicyclic) bond motifs is 5. The summed E-state index contributed by atoms with van der Waals surface area (Å²) in [5.74, 6) is -0.0839. The number of hydrogen-bond acceptors (Lipinski definition) is 6. The van der Waals surface area contributed by atoms with Gasteiger partial charge in [0.25, 0.3) is 0 Å². The molecule has 1 aliphatic heterocycles. The Bertz CT molecular complexity index is 1710. The predicted octanol–water partition coefficient (Wildman–Crippen LogP) is 8.82. The summed E-state index contributed by atoms with van der Waals surface area (Å²) < 4.78 is 18.9. The Labute approximate surface area is 272 Å². The van der Waals surface area contributed by atoms with Crippen molar-refractivity contribution in [2.75, 3.05) is 13.7 Å². The number of Topliss-reactive ketones (excluding diaryl/α,β-unsaturated/α-hetero) is 1. The van der Waals surface area contributed by atoms with Crippen LogP contribution < -0.4 is 4.74 Å². The van der Waals surface area contributed by atoms with Crippen molar-refractivity contribution in [1.29, 1.82) is 0 Å². The Morgan fingerprint density at radius 1 is 1.02 bits per heavy atom. The number of allylic oxidation sites excluding steroid dienone is 2. The van der Waals surface area contributed by atoms with Crippen LogP contribution in [0.1, 0.15) is 107 Å². The molecule has 2 heterocycles. The predicted molar refractivity (Wildman–Crippen MR) is 182 cm³/mol. The van der Waals surface area contributed by atoms with E-state index in [1.165, 1.54) is 12.0 Å². The molecule has 2 aliphatic rings. The molecule has 0 amide bonds. The molecule has 3 aromatic rings. The molecule has 7 heteroatoms. The Morgan fingerprint density at radius 3 is 2.41 bits per heavy atom. The van der Waals surface area contributed by atoms with Crippen LogP contribution in [0.15, 0.2) is 53.6 Å². The van der Waals surface area contributed by atoms with Gasteiger partial charge in [0, 0.05) is 22.0 Å². The molecular formula is C39H47NO6. The summed E-state index contributed by atoms with van der Waals surface area (Å²) in [6, 6.07) is 11.8. The molecule has 5 rings (SSSR count). The maximum atomic E-state index is 14.4. The molecule has 1 aromatic heterocycles. The number of ketones is 1. The fourth-order valence-electron chi connectivity index (χ4n) is 6.65. The van der Waals surface area contributed by atoms with Gasteiger partial charge in [-0.1, -0.05) is 45.3 Å². The highest BCUT2D eigenvalue weighted by Gasteiger charge is 2.32. The lowest BCUT2D eigenvalue weighted by Gasteiger charge is -2.24. The second-order valence-corrected chi connectivity index (χ2v) is 13.8. The van der Waals surface area contributed by atoms with Crippen LogP contribution in [0.4, 0.5) is 0 Å². The van der Waals surface area contributed by atoms with E-state index < -0.39 is 17.5 Å². The molecule has 1 aliphatic carbocycles. The molecule has 0 N–H and O–H groups in total. The first kappa shape index (κ1) is 33.2. The van der Waals surface area contributed by atoms with E-state index in [1.54, 1.807) is 20.1 Å². The SMILES string of the molecule is CCOC(=O)/C(=C\CC(C)C)C(=O)C1=Cc2cc(OC)ccc2-c2c(C3CCCCC3)c3ccc(C(=O)OC(C)(C)C)cc3n2C1. The molecule has 0 bridgehead atoms. The van der Waals surface area contributed by atoms with Gasteiger partial charge in [-0.25, -0.2) is 9.59 Å². The minimum Gasteiger partial charge on any atom is -0.497 e. The van der Waals surface area contributed by atoms with Gasteiger partial charge in [0.2, 0.25) is 0 Å². The van der Waals surface area contributed by atoms with E-state index in [9.17, 15) is 14.4 Å². The first-order valence-corrected chi connectivity index (χ1v) is 16.6. The number of rotatable bonds is 9. The third-order valence-corrected chi connectivity index (χ3v) is 8.75. The first-order chi connectivity index (χ1) is 21.9. The van der Waals surface area contributed by atoms with Crippen molar-refractivity contribution in [3.63, 3.8) is 0 Å². The number of carbonyl (C=O) groups is 3. The number of carbonyl (C=O) groups excluding carboxylic acids is 3. The molecular weight excluding hydrogens is 578 g/mol. The molecule has 0 spiro atoms. The van der Waals surface area contributed by atoms with Crippen LogP contribution >= 0.6 is 0 Å². The number of methoxy groups -OCH3 is 1. The van der Waals surface area contributed by atoms with Crippen LogP contribution in [0, 0.1) is 5.92 Å². The lowest BCUT2D eigenvalue weighted by molar-refractivity contribution is -0.139. The van der Waals surface area contributed by atoms with Crippen LogP contribution in [-0.4, -0.2) is 41.6 Å². The van der Waals surface area contributed by atoms with Crippen molar-refractivity contribution in [2.45, 2.75) is 98.1 Å². The van der Waals surface area contributed by atoms with E-state index in [2.05, 4.69) is 10.6 Å². The average molecular weight is 626 g/mol. The summed E-state index contributed by atoms with van der Waals surface area (Å²) in [5.41, 5.74) is 5.33. The van der Waals surface area contributed by atoms with Crippen LogP contribution in [-0.2, 0) is 25.6 Å². The standard InChI is InChI=1S/C39H47NO6/c1-8-45-38(43)32(17-14-24(2)3)36(41)28-20-27-21-29(44-7)16-19-30(27)35-34(25-12-10-9-11-13-25)31-18-15-26(22-33(31)40(35)23-28)37(42)46-39(4,5)6/h15-22,24-25H,8-14,23H2,1-7H3/b32-17-. The third-order valence-electron chi connectivity index (χ3n) is 8.75. The molecule has 1 fully saturated rings. The fourth-order valence-corrected chi connectivity index (χ4v) is 6.65. The molecule has 0 saturated heterocycles. The van der Waals surface area contributed by atoms with Gasteiger partial charge >= 0.3 is 11.9 Å². The zero-order chi connectivity index (χ0) is 33.2. The molecule has 1 saturated carbocycles. The molecule has 46 heavy (non-hydrogen) atoms. The van der Waals surface area contributed by atoms with Crippen molar-refractivity contribution in [3.8, 4) is 17.0 Å².